The van der Waals surface area contributed by atoms with Crippen LogP contribution in [0.1, 0.15) is 38.2 Å². The number of likely N-dealkylation sites (N-methyl/N-ethyl adjacent to an activating group) is 1. The summed E-state index contributed by atoms with van der Waals surface area (Å²) in [6.45, 7) is 6.17. The third kappa shape index (κ3) is 3.55. The number of aliphatic hydroxyl groups is 1. The lowest BCUT2D eigenvalue weighted by molar-refractivity contribution is -0.149. The monoisotopic (exact) mass is 503 g/mol. The Hall–Kier alpha value is -2.30. The molecule has 10 heteroatoms. The fraction of sp³-hybridized carbons (Fsp3) is 0.640. The number of aliphatic hydroxyl groups excluding tert-OH is 1. The number of fused-ring (bicyclic) bond motifs is 2. The van der Waals surface area contributed by atoms with Gasteiger partial charge in [-0.15, -0.1) is 0 Å². The maximum atomic E-state index is 15.8. The topological polar surface area (TPSA) is 90.4 Å². The zero-order valence-electron chi connectivity index (χ0n) is 20.8. The molecule has 3 saturated heterocycles. The van der Waals surface area contributed by atoms with Crippen LogP contribution in [0.3, 0.4) is 0 Å². The van der Waals surface area contributed by atoms with Gasteiger partial charge < -0.3 is 28.7 Å². The third-order valence-electron chi connectivity index (χ3n) is 8.52. The van der Waals surface area contributed by atoms with E-state index in [9.17, 15) is 19.5 Å². The van der Waals surface area contributed by atoms with Gasteiger partial charge in [-0.3, -0.25) is 14.4 Å². The normalized spacial score (nSPS) is 32.6. The zero-order valence-corrected chi connectivity index (χ0v) is 21.8. The van der Waals surface area contributed by atoms with Crippen molar-refractivity contribution in [3.05, 3.63) is 23.8 Å². The molecule has 0 saturated carbocycles. The molecule has 3 amide bonds. The summed E-state index contributed by atoms with van der Waals surface area (Å²) in [5, 5.41) is 9.67. The largest absolute Gasteiger partial charge is 0.394 e. The first kappa shape index (κ1) is 24.4. The second kappa shape index (κ2) is 8.38. The Bertz CT molecular complexity index is 1080. The first-order valence-electron chi connectivity index (χ1n) is 12.5. The van der Waals surface area contributed by atoms with Crippen molar-refractivity contribution in [3.63, 3.8) is 0 Å². The van der Waals surface area contributed by atoms with Gasteiger partial charge in [0, 0.05) is 49.3 Å². The van der Waals surface area contributed by atoms with Gasteiger partial charge in [-0.1, -0.05) is 6.92 Å². The molecule has 0 unspecified atom stereocenters. The molecular formula is C25H34FN3O5Si. The standard InChI is InChI=1S/C25H34FN3O5Si/c1-15-23(35(3,4)26)20(13-22(32)28-10-5-6-17(28)14-30)34-25(15)18-12-16(29-11-9-21(29)31)7-8-19(18)27(2)24(25)33/h7-8,12,15,17,20,23,30H,5-6,9-11,13-14H2,1-4H3/t15-,17+,20+,23-,25+/m1/s1. The maximum Gasteiger partial charge on any atom is 0.264 e. The highest BCUT2D eigenvalue weighted by Crippen LogP contribution is 2.60. The molecule has 0 aromatic heterocycles. The van der Waals surface area contributed by atoms with E-state index in [1.165, 1.54) is 0 Å². The molecule has 4 heterocycles. The minimum absolute atomic E-state index is 0.0236. The number of nitrogens with zero attached hydrogens (tertiary/aromatic N) is 3. The number of β-lactam (4-membered cyclic amide) rings is 1. The molecule has 35 heavy (non-hydrogen) atoms. The van der Waals surface area contributed by atoms with Gasteiger partial charge in [-0.2, -0.15) is 0 Å². The number of carbonyl (C=O) groups is 3. The SMILES string of the molecule is C[C@@H]1[C@@H]([Si](C)(C)F)[C@H](CC(=O)N2CCC[C@H]2CO)O[C@@]12C(=O)N(C)c1ccc(N3CCC3=O)cc12. The number of benzene rings is 1. The lowest BCUT2D eigenvalue weighted by atomic mass is 9.82. The molecule has 1 aromatic rings. The highest BCUT2D eigenvalue weighted by atomic mass is 28.4. The van der Waals surface area contributed by atoms with Crippen LogP contribution in [0.25, 0.3) is 0 Å². The maximum absolute atomic E-state index is 15.8. The number of carbonyl (C=O) groups excluding carboxylic acids is 3. The molecule has 0 aliphatic carbocycles. The van der Waals surface area contributed by atoms with Crippen molar-refractivity contribution in [2.75, 3.05) is 36.5 Å². The summed E-state index contributed by atoms with van der Waals surface area (Å²) < 4.78 is 22.4. The molecule has 1 N–H and O–H groups in total. The smallest absolute Gasteiger partial charge is 0.264 e. The Morgan fingerprint density at radius 3 is 2.63 bits per heavy atom. The van der Waals surface area contributed by atoms with Gasteiger partial charge in [0.2, 0.25) is 20.2 Å². The molecule has 5 atom stereocenters. The Balaban J connectivity index is 1.53. The van der Waals surface area contributed by atoms with Crippen LogP contribution in [0.15, 0.2) is 18.2 Å². The fourth-order valence-electron chi connectivity index (χ4n) is 6.74. The van der Waals surface area contributed by atoms with Crippen molar-refractivity contribution in [2.24, 2.45) is 5.92 Å². The summed E-state index contributed by atoms with van der Waals surface area (Å²) >= 11 is 0. The molecule has 4 aliphatic rings. The van der Waals surface area contributed by atoms with Gasteiger partial charge in [0.1, 0.15) is 0 Å². The van der Waals surface area contributed by atoms with Gasteiger partial charge >= 0.3 is 0 Å². The van der Waals surface area contributed by atoms with E-state index in [0.29, 0.717) is 36.4 Å². The van der Waals surface area contributed by atoms with Crippen molar-refractivity contribution in [1.82, 2.24) is 4.90 Å². The molecule has 1 spiro atoms. The van der Waals surface area contributed by atoms with Gasteiger partial charge in [0.25, 0.3) is 5.91 Å². The van der Waals surface area contributed by atoms with Crippen LogP contribution in [-0.4, -0.2) is 75.0 Å². The lowest BCUT2D eigenvalue weighted by Crippen LogP contribution is -2.45. The Morgan fingerprint density at radius 2 is 2.03 bits per heavy atom. The van der Waals surface area contributed by atoms with Gasteiger partial charge in [0.05, 0.1) is 30.9 Å². The van der Waals surface area contributed by atoms with Crippen LogP contribution in [-0.2, 0) is 24.7 Å². The molecule has 190 valence electrons. The average Bonchev–Trinajstić information content (AvgIpc) is 3.44. The van der Waals surface area contributed by atoms with E-state index in [2.05, 4.69) is 0 Å². The first-order chi connectivity index (χ1) is 16.5. The van der Waals surface area contributed by atoms with E-state index in [0.717, 1.165) is 12.8 Å². The van der Waals surface area contributed by atoms with Crippen molar-refractivity contribution in [1.29, 1.82) is 0 Å². The number of rotatable bonds is 5. The second-order valence-electron chi connectivity index (χ2n) is 10.9. The number of amides is 3. The molecule has 3 fully saturated rings. The van der Waals surface area contributed by atoms with E-state index < -0.39 is 31.6 Å². The Kier molecular flexibility index (Phi) is 5.84. The molecule has 0 radical (unpaired) electrons. The molecule has 0 bridgehead atoms. The number of anilines is 2. The van der Waals surface area contributed by atoms with E-state index in [1.807, 2.05) is 25.1 Å². The summed E-state index contributed by atoms with van der Waals surface area (Å²) in [6.07, 6.45) is 1.29. The van der Waals surface area contributed by atoms with Gasteiger partial charge in [-0.05, 0) is 44.1 Å². The molecule has 8 nitrogen and oxygen atoms in total. The minimum Gasteiger partial charge on any atom is -0.394 e. The molecule has 4 aliphatic heterocycles. The Morgan fingerprint density at radius 1 is 1.29 bits per heavy atom. The second-order valence-corrected chi connectivity index (χ2v) is 14.7. The van der Waals surface area contributed by atoms with Crippen molar-refractivity contribution >= 4 is 37.5 Å². The minimum atomic E-state index is -3.37. The van der Waals surface area contributed by atoms with Crippen molar-refractivity contribution in [3.8, 4) is 0 Å². The highest BCUT2D eigenvalue weighted by molar-refractivity contribution is 6.72. The fourth-order valence-corrected chi connectivity index (χ4v) is 9.23. The highest BCUT2D eigenvalue weighted by Gasteiger charge is 2.66. The van der Waals surface area contributed by atoms with Crippen LogP contribution in [0.4, 0.5) is 15.5 Å². The van der Waals surface area contributed by atoms with Crippen molar-refractivity contribution < 1.29 is 28.3 Å². The number of likely N-dealkylation sites (tertiary alicyclic amines) is 1. The van der Waals surface area contributed by atoms with E-state index in [4.69, 9.17) is 4.74 Å². The van der Waals surface area contributed by atoms with Gasteiger partial charge in [-0.25, -0.2) is 0 Å². The van der Waals surface area contributed by atoms with Crippen LogP contribution >= 0.6 is 0 Å². The predicted octanol–water partition coefficient (Wildman–Crippen LogP) is 2.55. The molecule has 5 rings (SSSR count). The average molecular weight is 504 g/mol. The molecule has 1 aromatic carbocycles. The first-order valence-corrected chi connectivity index (χ1v) is 15.5. The van der Waals surface area contributed by atoms with Crippen LogP contribution in [0.5, 0.6) is 0 Å². The number of halogens is 1. The summed E-state index contributed by atoms with van der Waals surface area (Å²) in [4.78, 5) is 44.0. The summed E-state index contributed by atoms with van der Waals surface area (Å²) in [7, 11) is -1.69. The predicted molar refractivity (Wildman–Crippen MR) is 131 cm³/mol. The lowest BCUT2D eigenvalue weighted by Gasteiger charge is -2.33. The van der Waals surface area contributed by atoms with E-state index in [-0.39, 0.29) is 36.8 Å². The van der Waals surface area contributed by atoms with Crippen LogP contribution in [0, 0.1) is 5.92 Å². The number of hydrogen-bond acceptors (Lipinski definition) is 5. The Labute approximate surface area is 206 Å². The van der Waals surface area contributed by atoms with Gasteiger partial charge in [0.15, 0.2) is 5.60 Å². The zero-order chi connectivity index (χ0) is 25.3. The third-order valence-corrected chi connectivity index (χ3v) is 11.0. The van der Waals surface area contributed by atoms with Crippen molar-refractivity contribution in [2.45, 2.75) is 69.0 Å². The van der Waals surface area contributed by atoms with E-state index >= 15 is 4.11 Å². The van der Waals surface area contributed by atoms with E-state index in [1.54, 1.807) is 34.8 Å². The van der Waals surface area contributed by atoms with Crippen LogP contribution in [0.2, 0.25) is 18.6 Å². The van der Waals surface area contributed by atoms with Crippen LogP contribution < -0.4 is 9.80 Å². The molecular weight excluding hydrogens is 469 g/mol. The number of hydrogen-bond donors (Lipinski definition) is 1. The summed E-state index contributed by atoms with van der Waals surface area (Å²) in [6, 6.07) is 5.26. The number of ether oxygens (including phenoxy) is 1. The quantitative estimate of drug-likeness (QED) is 0.379. The summed E-state index contributed by atoms with van der Waals surface area (Å²) in [5.41, 5.74) is 0.0551. The summed E-state index contributed by atoms with van der Waals surface area (Å²) in [5.74, 6) is -0.893.